The van der Waals surface area contributed by atoms with Crippen LogP contribution in [-0.2, 0) is 0 Å². The third kappa shape index (κ3) is 2.84. The van der Waals surface area contributed by atoms with Gasteiger partial charge in [0.05, 0.1) is 0 Å². The predicted octanol–water partition coefficient (Wildman–Crippen LogP) is 5.57. The second-order valence-corrected chi connectivity index (χ2v) is 6.36. The summed E-state index contributed by atoms with van der Waals surface area (Å²) in [5.74, 6) is 0.0755. The van der Waals surface area contributed by atoms with Gasteiger partial charge in [-0.15, -0.1) is 0 Å². The number of furan rings is 1. The molecule has 4 heteroatoms. The van der Waals surface area contributed by atoms with Gasteiger partial charge in [0.15, 0.2) is 5.76 Å². The minimum Gasteiger partial charge on any atom is -0.451 e. The number of hydrogen-bond donors (Lipinski definition) is 1. The van der Waals surface area contributed by atoms with Crippen molar-refractivity contribution < 1.29 is 9.21 Å². The molecule has 118 valence electrons. The molecule has 3 aromatic rings. The maximum atomic E-state index is 12.6. The third-order valence-corrected chi connectivity index (χ3v) is 4.26. The summed E-state index contributed by atoms with van der Waals surface area (Å²) in [5.41, 5.74) is 5.53. The van der Waals surface area contributed by atoms with Crippen LogP contribution in [0.2, 0.25) is 5.02 Å². The third-order valence-electron chi connectivity index (χ3n) is 4.02. The molecule has 0 unspecified atom stereocenters. The van der Waals surface area contributed by atoms with E-state index in [1.54, 1.807) is 12.1 Å². The molecule has 0 bridgehead atoms. The lowest BCUT2D eigenvalue weighted by atomic mass is 10.0. The Morgan fingerprint density at radius 2 is 1.70 bits per heavy atom. The average molecular weight is 328 g/mol. The molecule has 23 heavy (non-hydrogen) atoms. The molecule has 1 amide bonds. The van der Waals surface area contributed by atoms with Gasteiger partial charge >= 0.3 is 0 Å². The van der Waals surface area contributed by atoms with Crippen LogP contribution in [-0.4, -0.2) is 5.91 Å². The number of rotatable bonds is 2. The van der Waals surface area contributed by atoms with Crippen LogP contribution in [0.15, 0.2) is 34.7 Å². The first-order valence-corrected chi connectivity index (χ1v) is 7.82. The quantitative estimate of drug-likeness (QED) is 0.668. The van der Waals surface area contributed by atoms with E-state index in [0.29, 0.717) is 16.4 Å². The molecule has 0 aliphatic rings. The summed E-state index contributed by atoms with van der Waals surface area (Å²) in [6.07, 6.45) is 0. The Bertz CT molecular complexity index is 902. The summed E-state index contributed by atoms with van der Waals surface area (Å²) in [5, 5.41) is 4.46. The molecule has 1 aromatic heterocycles. The average Bonchev–Trinajstić information content (AvgIpc) is 2.80. The van der Waals surface area contributed by atoms with Gasteiger partial charge in [0, 0.05) is 21.7 Å². The summed E-state index contributed by atoms with van der Waals surface area (Å²) < 4.78 is 5.72. The first-order chi connectivity index (χ1) is 10.9. The van der Waals surface area contributed by atoms with Crippen LogP contribution in [0.3, 0.4) is 0 Å². The zero-order valence-electron chi connectivity index (χ0n) is 13.6. The molecular formula is C19H18ClNO2. The highest BCUT2D eigenvalue weighted by Crippen LogP contribution is 2.29. The summed E-state index contributed by atoms with van der Waals surface area (Å²) in [6, 6.07) is 9.45. The molecule has 3 rings (SSSR count). The first-order valence-electron chi connectivity index (χ1n) is 7.44. The SMILES string of the molecule is Cc1cc(C)c(NC(=O)c2oc3ccc(Cl)cc3c2C)c(C)c1. The van der Waals surface area contributed by atoms with Crippen LogP contribution in [0.1, 0.15) is 32.8 Å². The van der Waals surface area contributed by atoms with Gasteiger partial charge in [-0.2, -0.15) is 0 Å². The fourth-order valence-electron chi connectivity index (χ4n) is 2.96. The maximum Gasteiger partial charge on any atom is 0.291 e. The van der Waals surface area contributed by atoms with Crippen molar-refractivity contribution in [3.8, 4) is 0 Å². The van der Waals surface area contributed by atoms with Crippen molar-refractivity contribution in [2.24, 2.45) is 0 Å². The van der Waals surface area contributed by atoms with E-state index in [4.69, 9.17) is 16.0 Å². The van der Waals surface area contributed by atoms with Gasteiger partial charge < -0.3 is 9.73 Å². The summed E-state index contributed by atoms with van der Waals surface area (Å²) >= 11 is 6.02. The molecule has 0 spiro atoms. The Kier molecular flexibility index (Phi) is 3.90. The van der Waals surface area contributed by atoms with Crippen LogP contribution in [0, 0.1) is 27.7 Å². The number of amides is 1. The second-order valence-electron chi connectivity index (χ2n) is 5.92. The van der Waals surface area contributed by atoms with Crippen LogP contribution in [0.5, 0.6) is 0 Å². The first kappa shape index (κ1) is 15.6. The zero-order chi connectivity index (χ0) is 16.7. The zero-order valence-corrected chi connectivity index (χ0v) is 14.3. The van der Waals surface area contributed by atoms with E-state index in [1.807, 2.05) is 45.9 Å². The van der Waals surface area contributed by atoms with E-state index in [2.05, 4.69) is 5.32 Å². The maximum absolute atomic E-state index is 12.6. The standard InChI is InChI=1S/C19H18ClNO2/c1-10-7-11(2)17(12(3)8-10)21-19(22)18-13(4)15-9-14(20)5-6-16(15)23-18/h5-9H,1-4H3,(H,21,22). The van der Waals surface area contributed by atoms with Crippen molar-refractivity contribution in [1.82, 2.24) is 0 Å². The number of anilines is 1. The number of fused-ring (bicyclic) bond motifs is 1. The van der Waals surface area contributed by atoms with Crippen LogP contribution < -0.4 is 5.32 Å². The van der Waals surface area contributed by atoms with Crippen molar-refractivity contribution in [2.45, 2.75) is 27.7 Å². The van der Waals surface area contributed by atoms with Gasteiger partial charge in [-0.25, -0.2) is 0 Å². The van der Waals surface area contributed by atoms with Crippen molar-refractivity contribution in [1.29, 1.82) is 0 Å². The predicted molar refractivity (Wildman–Crippen MR) is 94.6 cm³/mol. The van der Waals surface area contributed by atoms with Crippen molar-refractivity contribution >= 4 is 34.2 Å². The van der Waals surface area contributed by atoms with Crippen molar-refractivity contribution in [3.63, 3.8) is 0 Å². The number of nitrogens with one attached hydrogen (secondary N) is 1. The molecule has 2 aromatic carbocycles. The Hall–Kier alpha value is -2.26. The smallest absolute Gasteiger partial charge is 0.291 e. The fourth-order valence-corrected chi connectivity index (χ4v) is 3.13. The van der Waals surface area contributed by atoms with E-state index in [-0.39, 0.29) is 5.91 Å². The molecule has 0 saturated carbocycles. The number of benzene rings is 2. The highest BCUT2D eigenvalue weighted by Gasteiger charge is 2.19. The van der Waals surface area contributed by atoms with Gasteiger partial charge in [-0.05, 0) is 57.0 Å². The number of aryl methyl sites for hydroxylation is 4. The minimum absolute atomic E-state index is 0.245. The number of carbonyl (C=O) groups excluding carboxylic acids is 1. The van der Waals surface area contributed by atoms with Gasteiger partial charge in [0.2, 0.25) is 0 Å². The van der Waals surface area contributed by atoms with Crippen LogP contribution in [0.25, 0.3) is 11.0 Å². The molecule has 0 atom stereocenters. The normalized spacial score (nSPS) is 11.0. The molecule has 0 radical (unpaired) electrons. The van der Waals surface area contributed by atoms with Gasteiger partial charge in [-0.3, -0.25) is 4.79 Å². The van der Waals surface area contributed by atoms with Gasteiger partial charge in [0.1, 0.15) is 5.58 Å². The van der Waals surface area contributed by atoms with Gasteiger partial charge in [-0.1, -0.05) is 29.3 Å². The molecule has 0 fully saturated rings. The molecule has 3 nitrogen and oxygen atoms in total. The molecular weight excluding hydrogens is 310 g/mol. The van der Waals surface area contributed by atoms with E-state index >= 15 is 0 Å². The van der Waals surface area contributed by atoms with E-state index < -0.39 is 0 Å². The summed E-state index contributed by atoms with van der Waals surface area (Å²) in [6.45, 7) is 7.88. The van der Waals surface area contributed by atoms with E-state index in [9.17, 15) is 4.79 Å². The highest BCUT2D eigenvalue weighted by atomic mass is 35.5. The van der Waals surface area contributed by atoms with E-state index in [0.717, 1.165) is 27.8 Å². The molecule has 0 aliphatic carbocycles. The summed E-state index contributed by atoms with van der Waals surface area (Å²) in [4.78, 5) is 12.6. The molecule has 0 aliphatic heterocycles. The Labute approximate surface area is 140 Å². The number of halogens is 1. The lowest BCUT2D eigenvalue weighted by Gasteiger charge is -2.12. The van der Waals surface area contributed by atoms with Gasteiger partial charge in [0.25, 0.3) is 5.91 Å². The van der Waals surface area contributed by atoms with Crippen molar-refractivity contribution in [3.05, 3.63) is 63.4 Å². The fraction of sp³-hybridized carbons (Fsp3) is 0.211. The molecule has 1 heterocycles. The minimum atomic E-state index is -0.245. The largest absolute Gasteiger partial charge is 0.451 e. The monoisotopic (exact) mass is 327 g/mol. The Morgan fingerprint density at radius 1 is 1.04 bits per heavy atom. The van der Waals surface area contributed by atoms with Crippen LogP contribution in [0.4, 0.5) is 5.69 Å². The topological polar surface area (TPSA) is 42.2 Å². The Morgan fingerprint density at radius 3 is 2.35 bits per heavy atom. The van der Waals surface area contributed by atoms with Crippen molar-refractivity contribution in [2.75, 3.05) is 5.32 Å². The Balaban J connectivity index is 2.00. The molecule has 1 N–H and O–H groups in total. The van der Waals surface area contributed by atoms with Crippen LogP contribution >= 0.6 is 11.6 Å². The van der Waals surface area contributed by atoms with E-state index in [1.165, 1.54) is 5.56 Å². The number of hydrogen-bond acceptors (Lipinski definition) is 2. The lowest BCUT2D eigenvalue weighted by Crippen LogP contribution is -2.14. The molecule has 0 saturated heterocycles. The number of carbonyl (C=O) groups is 1. The second kappa shape index (κ2) is 5.74. The lowest BCUT2D eigenvalue weighted by molar-refractivity contribution is 0.0997. The summed E-state index contributed by atoms with van der Waals surface area (Å²) in [7, 11) is 0. The highest BCUT2D eigenvalue weighted by molar-refractivity contribution is 6.31.